The summed E-state index contributed by atoms with van der Waals surface area (Å²) in [5.41, 5.74) is 7.35. The number of benzene rings is 1. The zero-order valence-electron chi connectivity index (χ0n) is 11.3. The molecule has 2 rings (SSSR count). The van der Waals surface area contributed by atoms with E-state index in [0.29, 0.717) is 12.1 Å². The molecule has 0 saturated heterocycles. The molecule has 1 fully saturated rings. The van der Waals surface area contributed by atoms with Crippen molar-refractivity contribution in [3.63, 3.8) is 0 Å². The van der Waals surface area contributed by atoms with Crippen LogP contribution in [0.25, 0.3) is 0 Å². The van der Waals surface area contributed by atoms with Crippen molar-refractivity contribution in [2.24, 2.45) is 11.7 Å². The van der Waals surface area contributed by atoms with Crippen molar-refractivity contribution in [3.8, 4) is 0 Å². The third-order valence-corrected chi connectivity index (χ3v) is 3.74. The summed E-state index contributed by atoms with van der Waals surface area (Å²) in [5.74, 6) is -0.152. The smallest absolute Gasteiger partial charge is 0.224 e. The average Bonchev–Trinajstić information content (AvgIpc) is 2.30. The highest BCUT2D eigenvalue weighted by molar-refractivity contribution is 5.91. The number of amides is 1. The van der Waals surface area contributed by atoms with Gasteiger partial charge in [0.15, 0.2) is 0 Å². The molecule has 3 nitrogen and oxygen atoms in total. The Balaban J connectivity index is 1.93. The molecule has 4 heteroatoms. The van der Waals surface area contributed by atoms with E-state index in [2.05, 4.69) is 5.32 Å². The fourth-order valence-electron chi connectivity index (χ4n) is 2.75. The lowest BCUT2D eigenvalue weighted by Crippen LogP contribution is -2.35. The number of carbonyl (C=O) groups excluding carboxylic acids is 1. The van der Waals surface area contributed by atoms with E-state index < -0.39 is 0 Å². The van der Waals surface area contributed by atoms with Gasteiger partial charge < -0.3 is 11.1 Å². The summed E-state index contributed by atoms with van der Waals surface area (Å²) in [6.07, 6.45) is 4.73. The molecule has 1 aliphatic rings. The predicted molar refractivity (Wildman–Crippen MR) is 74.3 cm³/mol. The van der Waals surface area contributed by atoms with Gasteiger partial charge in [0.25, 0.3) is 0 Å². The first kappa shape index (κ1) is 14.0. The summed E-state index contributed by atoms with van der Waals surface area (Å²) in [4.78, 5) is 12.0. The quantitative estimate of drug-likeness (QED) is 0.881. The predicted octanol–water partition coefficient (Wildman–Crippen LogP) is 2.98. The maximum absolute atomic E-state index is 13.2. The van der Waals surface area contributed by atoms with Gasteiger partial charge in [-0.3, -0.25) is 4.79 Å². The van der Waals surface area contributed by atoms with Gasteiger partial charge >= 0.3 is 0 Å². The van der Waals surface area contributed by atoms with Gasteiger partial charge in [0.2, 0.25) is 5.91 Å². The number of anilines is 1. The lowest BCUT2D eigenvalue weighted by Gasteiger charge is -2.27. The van der Waals surface area contributed by atoms with E-state index in [1.807, 2.05) is 0 Å². The Kier molecular flexibility index (Phi) is 4.53. The minimum atomic E-state index is -0.329. The Morgan fingerprint density at radius 2 is 2.11 bits per heavy atom. The monoisotopic (exact) mass is 264 g/mol. The van der Waals surface area contributed by atoms with Crippen molar-refractivity contribution in [2.75, 3.05) is 5.32 Å². The van der Waals surface area contributed by atoms with E-state index in [1.165, 1.54) is 12.1 Å². The number of nitrogens with two attached hydrogens (primary N) is 1. The Morgan fingerprint density at radius 1 is 1.37 bits per heavy atom. The fraction of sp³-hybridized carbons (Fsp3) is 0.533. The molecular weight excluding hydrogens is 243 g/mol. The van der Waals surface area contributed by atoms with Crippen LogP contribution in [0.15, 0.2) is 18.2 Å². The molecular formula is C15H21FN2O. The van der Waals surface area contributed by atoms with Crippen LogP contribution in [0, 0.1) is 18.7 Å². The van der Waals surface area contributed by atoms with Crippen LogP contribution >= 0.6 is 0 Å². The molecule has 1 saturated carbocycles. The molecule has 0 spiro atoms. The molecule has 3 N–H and O–H groups in total. The van der Waals surface area contributed by atoms with Gasteiger partial charge in [-0.05, 0) is 49.4 Å². The lowest BCUT2D eigenvalue weighted by atomic mass is 9.83. The van der Waals surface area contributed by atoms with Crippen molar-refractivity contribution in [1.29, 1.82) is 0 Å². The first-order valence-electron chi connectivity index (χ1n) is 6.87. The summed E-state index contributed by atoms with van der Waals surface area (Å²) < 4.78 is 13.2. The number of aryl methyl sites for hydroxylation is 1. The van der Waals surface area contributed by atoms with Crippen molar-refractivity contribution in [3.05, 3.63) is 29.6 Å². The molecule has 19 heavy (non-hydrogen) atoms. The molecule has 2 atom stereocenters. The standard InChI is InChI=1S/C15H21FN2O/c1-10-6-12(16)9-13(7-10)18-15(19)8-11-4-2-3-5-14(11)17/h6-7,9,11,14H,2-5,8,17H2,1H3,(H,18,19). The maximum atomic E-state index is 13.2. The highest BCUT2D eigenvalue weighted by Crippen LogP contribution is 2.26. The molecule has 0 aliphatic heterocycles. The first-order chi connectivity index (χ1) is 9.04. The molecule has 0 radical (unpaired) electrons. The van der Waals surface area contributed by atoms with Crippen LogP contribution in [-0.4, -0.2) is 11.9 Å². The van der Waals surface area contributed by atoms with Crippen molar-refractivity contribution >= 4 is 11.6 Å². The third-order valence-electron chi connectivity index (χ3n) is 3.74. The molecule has 2 unspecified atom stereocenters. The molecule has 0 aromatic heterocycles. The number of carbonyl (C=O) groups is 1. The second-order valence-corrected chi connectivity index (χ2v) is 5.48. The molecule has 104 valence electrons. The van der Waals surface area contributed by atoms with Crippen molar-refractivity contribution in [2.45, 2.75) is 45.1 Å². The Labute approximate surface area is 113 Å². The van der Waals surface area contributed by atoms with Gasteiger partial charge in [-0.25, -0.2) is 4.39 Å². The number of rotatable bonds is 3. The van der Waals surface area contributed by atoms with Crippen LogP contribution in [-0.2, 0) is 4.79 Å². The van der Waals surface area contributed by atoms with Gasteiger partial charge in [-0.1, -0.05) is 12.8 Å². The number of halogens is 1. The van der Waals surface area contributed by atoms with Crippen molar-refractivity contribution < 1.29 is 9.18 Å². The second-order valence-electron chi connectivity index (χ2n) is 5.48. The highest BCUT2D eigenvalue weighted by atomic mass is 19.1. The maximum Gasteiger partial charge on any atom is 0.224 e. The number of nitrogens with one attached hydrogen (secondary N) is 1. The van der Waals surface area contributed by atoms with Crippen LogP contribution in [0.5, 0.6) is 0 Å². The van der Waals surface area contributed by atoms with Gasteiger partial charge in [-0.15, -0.1) is 0 Å². The Morgan fingerprint density at radius 3 is 2.79 bits per heavy atom. The highest BCUT2D eigenvalue weighted by Gasteiger charge is 2.24. The summed E-state index contributed by atoms with van der Waals surface area (Å²) in [6, 6.07) is 4.66. The topological polar surface area (TPSA) is 55.1 Å². The Hall–Kier alpha value is -1.42. The molecule has 1 aliphatic carbocycles. The van der Waals surface area contributed by atoms with E-state index in [-0.39, 0.29) is 23.7 Å². The van der Waals surface area contributed by atoms with E-state index >= 15 is 0 Å². The first-order valence-corrected chi connectivity index (χ1v) is 6.87. The zero-order chi connectivity index (χ0) is 13.8. The molecule has 1 aromatic rings. The van der Waals surface area contributed by atoms with Gasteiger partial charge in [0, 0.05) is 18.2 Å². The minimum absolute atomic E-state index is 0.0765. The van der Waals surface area contributed by atoms with Crippen molar-refractivity contribution in [1.82, 2.24) is 0 Å². The van der Waals surface area contributed by atoms with Gasteiger partial charge in [0.05, 0.1) is 0 Å². The number of hydrogen-bond donors (Lipinski definition) is 2. The van der Waals surface area contributed by atoms with Crippen LogP contribution in [0.1, 0.15) is 37.7 Å². The SMILES string of the molecule is Cc1cc(F)cc(NC(=O)CC2CCCCC2N)c1. The average molecular weight is 264 g/mol. The summed E-state index contributed by atoms with van der Waals surface area (Å²) in [5, 5.41) is 2.76. The molecule has 1 aromatic carbocycles. The van der Waals surface area contributed by atoms with Crippen LogP contribution in [0.2, 0.25) is 0 Å². The largest absolute Gasteiger partial charge is 0.327 e. The third kappa shape index (κ3) is 4.03. The molecule has 0 bridgehead atoms. The van der Waals surface area contributed by atoms with E-state index in [4.69, 9.17) is 5.73 Å². The van der Waals surface area contributed by atoms with E-state index in [9.17, 15) is 9.18 Å². The Bertz CT molecular complexity index is 441. The second kappa shape index (κ2) is 6.15. The lowest BCUT2D eigenvalue weighted by molar-refractivity contribution is -0.117. The number of hydrogen-bond acceptors (Lipinski definition) is 2. The summed E-state index contributed by atoms with van der Waals surface area (Å²) >= 11 is 0. The van der Waals surface area contributed by atoms with Crippen LogP contribution in [0.4, 0.5) is 10.1 Å². The van der Waals surface area contributed by atoms with E-state index in [1.54, 1.807) is 13.0 Å². The van der Waals surface area contributed by atoms with Gasteiger partial charge in [-0.2, -0.15) is 0 Å². The molecule has 1 amide bonds. The van der Waals surface area contributed by atoms with Gasteiger partial charge in [0.1, 0.15) is 5.82 Å². The minimum Gasteiger partial charge on any atom is -0.327 e. The normalized spacial score (nSPS) is 23.1. The zero-order valence-corrected chi connectivity index (χ0v) is 11.3. The van der Waals surface area contributed by atoms with E-state index in [0.717, 1.165) is 31.2 Å². The van der Waals surface area contributed by atoms with Crippen LogP contribution < -0.4 is 11.1 Å². The van der Waals surface area contributed by atoms with Crippen LogP contribution in [0.3, 0.4) is 0 Å². The fourth-order valence-corrected chi connectivity index (χ4v) is 2.75. The summed E-state index contributed by atoms with van der Waals surface area (Å²) in [6.45, 7) is 1.80. The molecule has 0 heterocycles. The summed E-state index contributed by atoms with van der Waals surface area (Å²) in [7, 11) is 0.